The van der Waals surface area contributed by atoms with Crippen LogP contribution in [0.25, 0.3) is 0 Å². The maximum Gasteiger partial charge on any atom is 0.425 e. The Bertz CT molecular complexity index is 603. The predicted octanol–water partition coefficient (Wildman–Crippen LogP) is 0.481. The Morgan fingerprint density at radius 2 is 1.81 bits per heavy atom. The van der Waals surface area contributed by atoms with Crippen molar-refractivity contribution in [3.05, 3.63) is 35.9 Å². The van der Waals surface area contributed by atoms with Gasteiger partial charge in [0, 0.05) is 0 Å². The minimum Gasteiger partial charge on any atom is -0.368 e. The lowest BCUT2D eigenvalue weighted by Gasteiger charge is -2.29. The second-order valence-electron chi connectivity index (χ2n) is 4.40. The summed E-state index contributed by atoms with van der Waals surface area (Å²) < 4.78 is 40.4. The summed E-state index contributed by atoms with van der Waals surface area (Å²) in [5.74, 6) is -2.67. The van der Waals surface area contributed by atoms with E-state index in [1.165, 1.54) is 18.2 Å². The van der Waals surface area contributed by atoms with Crippen LogP contribution in [0, 0.1) is 0 Å². The third-order valence-corrected chi connectivity index (χ3v) is 3.05. The Morgan fingerprint density at radius 3 is 2.29 bits per heavy atom. The second kappa shape index (κ2) is 4.76. The lowest BCUT2D eigenvalue weighted by atomic mass is 9.89. The predicted molar refractivity (Wildman–Crippen MR) is 63.6 cm³/mol. The average molecular weight is 301 g/mol. The normalized spacial score (nSPS) is 22.3. The van der Waals surface area contributed by atoms with Gasteiger partial charge in [-0.25, -0.2) is 4.79 Å². The van der Waals surface area contributed by atoms with Gasteiger partial charge in [0.05, 0.1) is 0 Å². The topological polar surface area (TPSA) is 92.5 Å². The van der Waals surface area contributed by atoms with Gasteiger partial charge in [-0.05, 0) is 5.56 Å². The van der Waals surface area contributed by atoms with Crippen LogP contribution in [-0.4, -0.2) is 35.5 Å². The van der Waals surface area contributed by atoms with E-state index in [4.69, 9.17) is 5.73 Å². The summed E-state index contributed by atoms with van der Waals surface area (Å²) in [5, 5.41) is 1.63. The standard InChI is InChI=1S/C12H10F3N3O3/c13-12(14,15)11(7-4-2-1-3-5-7)9(20)18(6-8(16)19)10(21)17-11/h1-5H,6H2,(H2,16,19)(H,17,21)/t11-/m1/s1. The van der Waals surface area contributed by atoms with E-state index >= 15 is 0 Å². The minimum atomic E-state index is -5.08. The van der Waals surface area contributed by atoms with Crippen molar-refractivity contribution in [3.8, 4) is 0 Å². The number of carbonyl (C=O) groups excluding carboxylic acids is 3. The molecular formula is C12H10F3N3O3. The van der Waals surface area contributed by atoms with Crippen LogP contribution in [0.2, 0.25) is 0 Å². The van der Waals surface area contributed by atoms with Crippen LogP contribution in [0.3, 0.4) is 0 Å². The smallest absolute Gasteiger partial charge is 0.368 e. The van der Waals surface area contributed by atoms with Crippen molar-refractivity contribution in [1.82, 2.24) is 10.2 Å². The van der Waals surface area contributed by atoms with E-state index in [-0.39, 0.29) is 4.90 Å². The first-order chi connectivity index (χ1) is 9.70. The quantitative estimate of drug-likeness (QED) is 0.795. The fourth-order valence-corrected chi connectivity index (χ4v) is 2.12. The first kappa shape index (κ1) is 14.8. The molecule has 0 aliphatic carbocycles. The molecule has 1 atom stereocenters. The number of hydrogen-bond donors (Lipinski definition) is 2. The third kappa shape index (κ3) is 2.20. The zero-order valence-corrected chi connectivity index (χ0v) is 10.5. The zero-order valence-electron chi connectivity index (χ0n) is 10.5. The summed E-state index contributed by atoms with van der Waals surface area (Å²) in [7, 11) is 0. The molecule has 3 N–H and O–H groups in total. The number of rotatable bonds is 3. The molecule has 1 heterocycles. The Labute approximate surface area is 116 Å². The highest BCUT2D eigenvalue weighted by atomic mass is 19.4. The first-order valence-electron chi connectivity index (χ1n) is 5.75. The maximum atomic E-state index is 13.5. The van der Waals surface area contributed by atoms with Crippen molar-refractivity contribution in [2.45, 2.75) is 11.7 Å². The number of carbonyl (C=O) groups is 3. The van der Waals surface area contributed by atoms with Crippen LogP contribution in [-0.2, 0) is 15.1 Å². The van der Waals surface area contributed by atoms with Gasteiger partial charge in [-0.1, -0.05) is 30.3 Å². The van der Waals surface area contributed by atoms with Gasteiger partial charge in [0.15, 0.2) is 0 Å². The summed E-state index contributed by atoms with van der Waals surface area (Å²) in [6, 6.07) is 4.90. The molecule has 2 rings (SSSR count). The van der Waals surface area contributed by atoms with Crippen LogP contribution < -0.4 is 11.1 Å². The molecule has 9 heteroatoms. The molecule has 1 aromatic carbocycles. The van der Waals surface area contributed by atoms with Gasteiger partial charge < -0.3 is 11.1 Å². The number of urea groups is 1. The average Bonchev–Trinajstić information content (AvgIpc) is 2.64. The minimum absolute atomic E-state index is 0.156. The number of halogens is 3. The number of nitrogens with zero attached hydrogens (tertiary/aromatic N) is 1. The number of nitrogens with two attached hydrogens (primary N) is 1. The summed E-state index contributed by atoms with van der Waals surface area (Å²) in [5.41, 5.74) is 1.19. The highest BCUT2D eigenvalue weighted by molar-refractivity contribution is 6.09. The second-order valence-corrected chi connectivity index (χ2v) is 4.40. The van der Waals surface area contributed by atoms with Gasteiger partial charge in [0.1, 0.15) is 6.54 Å². The van der Waals surface area contributed by atoms with Crippen LogP contribution in [0.1, 0.15) is 5.56 Å². The summed E-state index contributed by atoms with van der Waals surface area (Å²) >= 11 is 0. The van der Waals surface area contributed by atoms with Gasteiger partial charge in [0.2, 0.25) is 11.4 Å². The number of benzene rings is 1. The van der Waals surface area contributed by atoms with Crippen molar-refractivity contribution in [2.75, 3.05) is 6.54 Å². The molecule has 1 aliphatic heterocycles. The molecule has 1 saturated heterocycles. The van der Waals surface area contributed by atoms with Crippen molar-refractivity contribution < 1.29 is 27.6 Å². The molecule has 0 spiro atoms. The van der Waals surface area contributed by atoms with Crippen LogP contribution >= 0.6 is 0 Å². The van der Waals surface area contributed by atoms with Gasteiger partial charge in [0.25, 0.3) is 5.91 Å². The highest BCUT2D eigenvalue weighted by Gasteiger charge is 2.68. The number of nitrogens with one attached hydrogen (secondary N) is 1. The van der Waals surface area contributed by atoms with Crippen LogP contribution in [0.4, 0.5) is 18.0 Å². The number of amides is 4. The highest BCUT2D eigenvalue weighted by Crippen LogP contribution is 2.43. The molecule has 0 bridgehead atoms. The molecular weight excluding hydrogens is 291 g/mol. The van der Waals surface area contributed by atoms with Gasteiger partial charge in [-0.3, -0.25) is 14.5 Å². The van der Waals surface area contributed by atoms with Gasteiger partial charge >= 0.3 is 12.2 Å². The SMILES string of the molecule is NC(=O)CN1C(=O)N[C@@](c2ccccc2)(C(F)(F)F)C1=O. The van der Waals surface area contributed by atoms with E-state index < -0.39 is 41.7 Å². The molecule has 1 fully saturated rings. The zero-order chi connectivity index (χ0) is 15.8. The summed E-state index contributed by atoms with van der Waals surface area (Å²) in [6.45, 7) is -0.921. The van der Waals surface area contributed by atoms with Crippen molar-refractivity contribution in [3.63, 3.8) is 0 Å². The van der Waals surface area contributed by atoms with E-state index in [9.17, 15) is 27.6 Å². The first-order valence-corrected chi connectivity index (χ1v) is 5.75. The van der Waals surface area contributed by atoms with E-state index in [1.807, 2.05) is 0 Å². The van der Waals surface area contributed by atoms with Gasteiger partial charge in [-0.15, -0.1) is 0 Å². The molecule has 1 aromatic rings. The van der Waals surface area contributed by atoms with Crippen molar-refractivity contribution in [2.24, 2.45) is 5.73 Å². The summed E-state index contributed by atoms with van der Waals surface area (Å²) in [6.07, 6.45) is -5.08. The van der Waals surface area contributed by atoms with E-state index in [0.717, 1.165) is 12.1 Å². The molecule has 4 amide bonds. The van der Waals surface area contributed by atoms with Crippen LogP contribution in [0.5, 0.6) is 0 Å². The molecule has 6 nitrogen and oxygen atoms in total. The molecule has 0 radical (unpaired) electrons. The Balaban J connectivity index is 2.57. The number of imide groups is 1. The van der Waals surface area contributed by atoms with E-state index in [2.05, 4.69) is 0 Å². The number of alkyl halides is 3. The molecule has 21 heavy (non-hydrogen) atoms. The molecule has 0 aromatic heterocycles. The van der Waals surface area contributed by atoms with Crippen molar-refractivity contribution >= 4 is 17.8 Å². The molecule has 112 valence electrons. The van der Waals surface area contributed by atoms with Crippen LogP contribution in [0.15, 0.2) is 30.3 Å². The Morgan fingerprint density at radius 1 is 1.24 bits per heavy atom. The largest absolute Gasteiger partial charge is 0.425 e. The molecule has 1 aliphatic rings. The Kier molecular flexibility index (Phi) is 3.36. The number of primary amides is 1. The molecule has 0 unspecified atom stereocenters. The Hall–Kier alpha value is -2.58. The lowest BCUT2D eigenvalue weighted by Crippen LogP contribution is -2.56. The lowest BCUT2D eigenvalue weighted by molar-refractivity contribution is -0.198. The number of hydrogen-bond acceptors (Lipinski definition) is 3. The molecule has 0 saturated carbocycles. The van der Waals surface area contributed by atoms with E-state index in [0.29, 0.717) is 0 Å². The fourth-order valence-electron chi connectivity index (χ4n) is 2.12. The van der Waals surface area contributed by atoms with Crippen molar-refractivity contribution in [1.29, 1.82) is 0 Å². The monoisotopic (exact) mass is 301 g/mol. The van der Waals surface area contributed by atoms with E-state index in [1.54, 1.807) is 5.32 Å². The summed E-state index contributed by atoms with van der Waals surface area (Å²) in [4.78, 5) is 34.7. The third-order valence-electron chi connectivity index (χ3n) is 3.05. The maximum absolute atomic E-state index is 13.5. The van der Waals surface area contributed by atoms with Gasteiger partial charge in [-0.2, -0.15) is 13.2 Å². The fraction of sp³-hybridized carbons (Fsp3) is 0.250.